The molecular weight excluding hydrogens is 475 g/mol. The Balaban J connectivity index is 1.20. The molecule has 0 aliphatic carbocycles. The minimum atomic E-state index is -4.45. The van der Waals surface area contributed by atoms with E-state index in [2.05, 4.69) is 25.1 Å². The van der Waals surface area contributed by atoms with Crippen LogP contribution in [0.2, 0.25) is 0 Å². The highest BCUT2D eigenvalue weighted by atomic mass is 19.4. The maximum atomic E-state index is 13.0. The van der Waals surface area contributed by atoms with E-state index in [1.54, 1.807) is 28.0 Å². The molecule has 12 heteroatoms. The number of hydrogen-bond donors (Lipinski definition) is 0. The van der Waals surface area contributed by atoms with Gasteiger partial charge in [-0.05, 0) is 43.3 Å². The van der Waals surface area contributed by atoms with E-state index in [0.717, 1.165) is 17.8 Å². The number of amides is 1. The molecule has 1 unspecified atom stereocenters. The summed E-state index contributed by atoms with van der Waals surface area (Å²) in [5, 5.41) is 7.95. The number of alkyl halides is 3. The van der Waals surface area contributed by atoms with E-state index in [0.29, 0.717) is 37.6 Å². The Kier molecular flexibility index (Phi) is 6.27. The molecule has 2 aromatic heterocycles. The SMILES string of the molecule is CC(c1nc(-c2cccc(C(F)(F)F)c2)no1)N1CCN(C(=O)c2ccc(-n3cncn3)cc2)CC1. The van der Waals surface area contributed by atoms with E-state index in [-0.39, 0.29) is 23.3 Å². The van der Waals surface area contributed by atoms with Gasteiger partial charge in [-0.25, -0.2) is 9.67 Å². The predicted octanol–water partition coefficient (Wildman–Crippen LogP) is 3.86. The van der Waals surface area contributed by atoms with Gasteiger partial charge in [0.1, 0.15) is 12.7 Å². The van der Waals surface area contributed by atoms with Gasteiger partial charge in [0.25, 0.3) is 5.91 Å². The van der Waals surface area contributed by atoms with E-state index >= 15 is 0 Å². The van der Waals surface area contributed by atoms with Crippen molar-refractivity contribution in [3.05, 3.63) is 78.2 Å². The average molecular weight is 497 g/mol. The zero-order valence-electron chi connectivity index (χ0n) is 19.3. The van der Waals surface area contributed by atoms with Crippen LogP contribution in [0, 0.1) is 0 Å². The van der Waals surface area contributed by atoms with E-state index in [9.17, 15) is 18.0 Å². The molecule has 5 rings (SSSR count). The molecule has 4 aromatic rings. The number of benzene rings is 2. The molecule has 2 aromatic carbocycles. The van der Waals surface area contributed by atoms with Crippen molar-refractivity contribution in [3.63, 3.8) is 0 Å². The number of hydrogen-bond acceptors (Lipinski definition) is 7. The predicted molar refractivity (Wildman–Crippen MR) is 122 cm³/mol. The highest BCUT2D eigenvalue weighted by molar-refractivity contribution is 5.94. The number of carbonyl (C=O) groups excluding carboxylic acids is 1. The fourth-order valence-corrected chi connectivity index (χ4v) is 4.11. The zero-order chi connectivity index (χ0) is 25.3. The van der Waals surface area contributed by atoms with Crippen molar-refractivity contribution in [2.45, 2.75) is 19.1 Å². The maximum Gasteiger partial charge on any atom is 0.416 e. The second-order valence-corrected chi connectivity index (χ2v) is 8.43. The molecule has 3 heterocycles. The van der Waals surface area contributed by atoms with Crippen LogP contribution in [0.15, 0.2) is 65.7 Å². The number of aromatic nitrogens is 5. The van der Waals surface area contributed by atoms with Crippen molar-refractivity contribution in [3.8, 4) is 17.1 Å². The Labute approximate surface area is 204 Å². The van der Waals surface area contributed by atoms with Crippen molar-refractivity contribution < 1.29 is 22.5 Å². The molecule has 1 amide bonds. The molecule has 0 N–H and O–H groups in total. The topological polar surface area (TPSA) is 93.2 Å². The van der Waals surface area contributed by atoms with Crippen molar-refractivity contribution in [2.24, 2.45) is 0 Å². The summed E-state index contributed by atoms with van der Waals surface area (Å²) in [7, 11) is 0. The van der Waals surface area contributed by atoms with E-state index < -0.39 is 11.7 Å². The lowest BCUT2D eigenvalue weighted by Gasteiger charge is -2.36. The van der Waals surface area contributed by atoms with Crippen molar-refractivity contribution in [1.82, 2.24) is 34.7 Å². The van der Waals surface area contributed by atoms with Crippen molar-refractivity contribution >= 4 is 5.91 Å². The molecule has 1 aliphatic rings. The molecule has 0 spiro atoms. The second-order valence-electron chi connectivity index (χ2n) is 8.43. The molecule has 36 heavy (non-hydrogen) atoms. The van der Waals surface area contributed by atoms with Crippen LogP contribution < -0.4 is 0 Å². The highest BCUT2D eigenvalue weighted by Crippen LogP contribution is 2.32. The van der Waals surface area contributed by atoms with Crippen LogP contribution in [0.1, 0.15) is 34.8 Å². The third-order valence-corrected chi connectivity index (χ3v) is 6.19. The molecule has 0 saturated carbocycles. The lowest BCUT2D eigenvalue weighted by atomic mass is 10.1. The minimum Gasteiger partial charge on any atom is -0.337 e. The number of rotatable bonds is 5. The number of carbonyl (C=O) groups is 1. The lowest BCUT2D eigenvalue weighted by Crippen LogP contribution is -2.49. The second kappa shape index (κ2) is 9.53. The fourth-order valence-electron chi connectivity index (χ4n) is 4.11. The molecule has 9 nitrogen and oxygen atoms in total. The monoisotopic (exact) mass is 497 g/mol. The van der Waals surface area contributed by atoms with Crippen LogP contribution in [0.3, 0.4) is 0 Å². The quantitative estimate of drug-likeness (QED) is 0.413. The van der Waals surface area contributed by atoms with Crippen molar-refractivity contribution in [2.75, 3.05) is 26.2 Å². The normalized spacial score (nSPS) is 15.7. The third-order valence-electron chi connectivity index (χ3n) is 6.19. The fraction of sp³-hybridized carbons (Fsp3) is 0.292. The van der Waals surface area contributed by atoms with Crippen LogP contribution in [-0.2, 0) is 6.18 Å². The molecule has 0 bridgehead atoms. The maximum absolute atomic E-state index is 13.0. The Bertz CT molecular complexity index is 1330. The van der Waals surface area contributed by atoms with Gasteiger partial charge in [-0.3, -0.25) is 9.69 Å². The third kappa shape index (κ3) is 4.85. The van der Waals surface area contributed by atoms with E-state index in [1.165, 1.54) is 18.5 Å². The number of piperazine rings is 1. The Morgan fingerprint density at radius 1 is 1.06 bits per heavy atom. The van der Waals surface area contributed by atoms with E-state index in [4.69, 9.17) is 4.52 Å². The largest absolute Gasteiger partial charge is 0.416 e. The van der Waals surface area contributed by atoms with Gasteiger partial charge < -0.3 is 9.42 Å². The first-order valence-corrected chi connectivity index (χ1v) is 11.3. The lowest BCUT2D eigenvalue weighted by molar-refractivity contribution is -0.137. The smallest absolute Gasteiger partial charge is 0.337 e. The van der Waals surface area contributed by atoms with Crippen LogP contribution in [0.25, 0.3) is 17.1 Å². The molecule has 1 atom stereocenters. The zero-order valence-corrected chi connectivity index (χ0v) is 19.3. The molecule has 1 aliphatic heterocycles. The summed E-state index contributed by atoms with van der Waals surface area (Å²) in [6.45, 7) is 4.10. The van der Waals surface area contributed by atoms with Gasteiger partial charge in [-0.2, -0.15) is 23.3 Å². The molecular formula is C24H22F3N7O2. The molecule has 1 fully saturated rings. The van der Waals surface area contributed by atoms with Crippen molar-refractivity contribution in [1.29, 1.82) is 0 Å². The minimum absolute atomic E-state index is 0.0583. The van der Waals surface area contributed by atoms with Crippen LogP contribution in [0.4, 0.5) is 13.2 Å². The average Bonchev–Trinajstić information content (AvgIpc) is 3.61. The summed E-state index contributed by atoms with van der Waals surface area (Å²) in [6.07, 6.45) is -1.42. The summed E-state index contributed by atoms with van der Waals surface area (Å²) >= 11 is 0. The first-order valence-electron chi connectivity index (χ1n) is 11.3. The number of halogens is 3. The molecule has 0 radical (unpaired) electrons. The van der Waals surface area contributed by atoms with Gasteiger partial charge >= 0.3 is 6.18 Å². The standard InChI is InChI=1S/C24H22F3N7O2/c1-16(22-30-21(31-36-22)18-3-2-4-19(13-18)24(25,26)27)32-9-11-33(12-10-32)23(35)17-5-7-20(8-6-17)34-15-28-14-29-34/h2-8,13-16H,9-12H2,1H3. The summed E-state index contributed by atoms with van der Waals surface area (Å²) < 4.78 is 46.1. The van der Waals surface area contributed by atoms with Crippen LogP contribution in [-0.4, -0.2) is 66.8 Å². The van der Waals surface area contributed by atoms with Gasteiger partial charge in [0, 0.05) is 37.3 Å². The van der Waals surface area contributed by atoms with Gasteiger partial charge in [0.15, 0.2) is 0 Å². The van der Waals surface area contributed by atoms with Gasteiger partial charge in [0.05, 0.1) is 17.3 Å². The summed E-state index contributed by atoms with van der Waals surface area (Å²) in [5.41, 5.74) is 0.861. The molecule has 1 saturated heterocycles. The first-order chi connectivity index (χ1) is 17.3. The molecule has 186 valence electrons. The Morgan fingerprint density at radius 2 is 1.81 bits per heavy atom. The first kappa shape index (κ1) is 23.7. The Hall–Kier alpha value is -4.06. The number of nitrogens with zero attached hydrogens (tertiary/aromatic N) is 7. The summed E-state index contributed by atoms with van der Waals surface area (Å²) in [4.78, 5) is 25.1. The van der Waals surface area contributed by atoms with Crippen LogP contribution >= 0.6 is 0 Å². The van der Waals surface area contributed by atoms with Gasteiger partial charge in [-0.15, -0.1) is 0 Å². The van der Waals surface area contributed by atoms with Gasteiger partial charge in [0.2, 0.25) is 11.7 Å². The summed E-state index contributed by atoms with van der Waals surface area (Å²) in [5.74, 6) is 0.356. The highest BCUT2D eigenvalue weighted by Gasteiger charge is 2.31. The van der Waals surface area contributed by atoms with Gasteiger partial charge in [-0.1, -0.05) is 17.3 Å². The summed E-state index contributed by atoms with van der Waals surface area (Å²) in [6, 6.07) is 11.7. The van der Waals surface area contributed by atoms with Crippen LogP contribution in [0.5, 0.6) is 0 Å². The van der Waals surface area contributed by atoms with E-state index in [1.807, 2.05) is 19.1 Å². The Morgan fingerprint density at radius 3 is 2.47 bits per heavy atom.